The van der Waals surface area contributed by atoms with Crippen LogP contribution in [0.5, 0.6) is 5.75 Å². The molecular formula is C13H19BrO2. The number of hydrogen-bond donors (Lipinski definition) is 1. The summed E-state index contributed by atoms with van der Waals surface area (Å²) in [6.45, 7) is 8.18. The summed E-state index contributed by atoms with van der Waals surface area (Å²) in [5.41, 5.74) is 2.05. The molecule has 1 N–H and O–H groups in total. The molecular weight excluding hydrogens is 268 g/mol. The van der Waals surface area contributed by atoms with E-state index in [0.717, 1.165) is 10.0 Å². The Labute approximate surface area is 106 Å². The highest BCUT2D eigenvalue weighted by atomic mass is 79.9. The van der Waals surface area contributed by atoms with E-state index in [-0.39, 0.29) is 5.41 Å². The Balaban J connectivity index is 3.40. The number of halogens is 1. The molecule has 16 heavy (non-hydrogen) atoms. The van der Waals surface area contributed by atoms with Crippen molar-refractivity contribution in [1.29, 1.82) is 0 Å². The molecule has 1 aromatic carbocycles. The normalized spacial score (nSPS) is 13.7. The van der Waals surface area contributed by atoms with Gasteiger partial charge in [-0.25, -0.2) is 0 Å². The molecule has 0 saturated carbocycles. The fourth-order valence-corrected chi connectivity index (χ4v) is 2.21. The van der Waals surface area contributed by atoms with Crippen LogP contribution in [-0.4, -0.2) is 12.2 Å². The zero-order chi connectivity index (χ0) is 12.5. The number of hydrogen-bond acceptors (Lipinski definition) is 2. The first-order valence-corrected chi connectivity index (χ1v) is 6.12. The number of rotatable bonds is 2. The lowest BCUT2D eigenvalue weighted by molar-refractivity contribution is 0.194. The van der Waals surface area contributed by atoms with Crippen molar-refractivity contribution in [3.05, 3.63) is 27.7 Å². The highest BCUT2D eigenvalue weighted by molar-refractivity contribution is 9.10. The van der Waals surface area contributed by atoms with Crippen molar-refractivity contribution < 1.29 is 9.84 Å². The van der Waals surface area contributed by atoms with Crippen LogP contribution in [0.1, 0.15) is 44.9 Å². The first-order chi connectivity index (χ1) is 7.27. The maximum Gasteiger partial charge on any atom is 0.138 e. The molecule has 0 heterocycles. The van der Waals surface area contributed by atoms with Gasteiger partial charge < -0.3 is 9.84 Å². The van der Waals surface area contributed by atoms with E-state index in [4.69, 9.17) is 4.74 Å². The molecule has 0 aliphatic carbocycles. The lowest BCUT2D eigenvalue weighted by atomic mass is 9.85. The van der Waals surface area contributed by atoms with Gasteiger partial charge in [-0.1, -0.05) is 20.8 Å². The van der Waals surface area contributed by atoms with Gasteiger partial charge in [0.15, 0.2) is 0 Å². The van der Waals surface area contributed by atoms with Crippen LogP contribution in [-0.2, 0) is 5.41 Å². The summed E-state index contributed by atoms with van der Waals surface area (Å²) in [6, 6.07) is 4.05. The third kappa shape index (κ3) is 2.77. The first-order valence-electron chi connectivity index (χ1n) is 5.33. The van der Waals surface area contributed by atoms with Crippen molar-refractivity contribution in [2.45, 2.75) is 39.2 Å². The van der Waals surface area contributed by atoms with Gasteiger partial charge in [-0.05, 0) is 46.0 Å². The van der Waals surface area contributed by atoms with E-state index >= 15 is 0 Å². The molecule has 0 aliphatic heterocycles. The van der Waals surface area contributed by atoms with E-state index < -0.39 is 6.10 Å². The Hall–Kier alpha value is -0.540. The third-order valence-corrected chi connectivity index (χ3v) is 3.18. The monoisotopic (exact) mass is 286 g/mol. The average molecular weight is 287 g/mol. The molecule has 2 nitrogen and oxygen atoms in total. The molecule has 0 aliphatic rings. The zero-order valence-electron chi connectivity index (χ0n) is 10.5. The molecule has 0 amide bonds. The molecule has 0 spiro atoms. The molecule has 0 bridgehead atoms. The van der Waals surface area contributed by atoms with E-state index in [2.05, 4.69) is 36.7 Å². The van der Waals surface area contributed by atoms with Gasteiger partial charge in [-0.15, -0.1) is 0 Å². The van der Waals surface area contributed by atoms with E-state index in [1.807, 2.05) is 12.1 Å². The van der Waals surface area contributed by atoms with Crippen LogP contribution in [0.25, 0.3) is 0 Å². The number of aliphatic hydroxyl groups is 1. The molecule has 0 saturated heterocycles. The summed E-state index contributed by atoms with van der Waals surface area (Å²) < 4.78 is 6.19. The van der Waals surface area contributed by atoms with Crippen molar-refractivity contribution in [2.24, 2.45) is 0 Å². The van der Waals surface area contributed by atoms with Gasteiger partial charge in [0.25, 0.3) is 0 Å². The van der Waals surface area contributed by atoms with E-state index in [0.29, 0.717) is 5.75 Å². The van der Waals surface area contributed by atoms with Crippen molar-refractivity contribution in [2.75, 3.05) is 7.11 Å². The second-order valence-corrected chi connectivity index (χ2v) is 5.86. The summed E-state index contributed by atoms with van der Waals surface area (Å²) in [7, 11) is 1.61. The minimum atomic E-state index is -0.534. The summed E-state index contributed by atoms with van der Waals surface area (Å²) in [5, 5.41) is 9.75. The van der Waals surface area contributed by atoms with Crippen LogP contribution in [0.2, 0.25) is 0 Å². The molecule has 1 unspecified atom stereocenters. The molecule has 0 fully saturated rings. The number of aliphatic hydroxyl groups excluding tert-OH is 1. The van der Waals surface area contributed by atoms with Gasteiger partial charge in [-0.3, -0.25) is 0 Å². The second-order valence-electron chi connectivity index (χ2n) is 5.01. The van der Waals surface area contributed by atoms with Crippen LogP contribution in [0.3, 0.4) is 0 Å². The molecule has 1 rings (SSSR count). The lowest BCUT2D eigenvalue weighted by Gasteiger charge is -2.23. The van der Waals surface area contributed by atoms with Crippen molar-refractivity contribution in [3.8, 4) is 5.75 Å². The highest BCUT2D eigenvalue weighted by Crippen LogP contribution is 2.37. The smallest absolute Gasteiger partial charge is 0.138 e. The number of benzene rings is 1. The molecule has 0 radical (unpaired) electrons. The van der Waals surface area contributed by atoms with Crippen LogP contribution < -0.4 is 4.74 Å². The Morgan fingerprint density at radius 3 is 2.25 bits per heavy atom. The summed E-state index contributed by atoms with van der Waals surface area (Å²) in [5.74, 6) is 0.711. The molecule has 0 aromatic heterocycles. The highest BCUT2D eigenvalue weighted by Gasteiger charge is 2.20. The summed E-state index contributed by atoms with van der Waals surface area (Å²) in [4.78, 5) is 0. The quantitative estimate of drug-likeness (QED) is 0.896. The predicted octanol–water partition coefficient (Wildman–Crippen LogP) is 3.81. The fourth-order valence-electron chi connectivity index (χ4n) is 1.57. The third-order valence-electron chi connectivity index (χ3n) is 2.59. The maximum atomic E-state index is 9.75. The van der Waals surface area contributed by atoms with Crippen molar-refractivity contribution in [3.63, 3.8) is 0 Å². The molecule has 3 heteroatoms. The standard InChI is InChI=1S/C13H19BrO2/c1-8(15)10-6-9(13(2,3)4)7-11(14)12(10)16-5/h6-8,15H,1-5H3. The van der Waals surface area contributed by atoms with Gasteiger partial charge in [-0.2, -0.15) is 0 Å². The minimum absolute atomic E-state index is 0.0540. The summed E-state index contributed by atoms with van der Waals surface area (Å²) >= 11 is 3.48. The topological polar surface area (TPSA) is 29.5 Å². The minimum Gasteiger partial charge on any atom is -0.495 e. The van der Waals surface area contributed by atoms with Gasteiger partial charge in [0.05, 0.1) is 17.7 Å². The fraction of sp³-hybridized carbons (Fsp3) is 0.538. The largest absolute Gasteiger partial charge is 0.495 e. The second kappa shape index (κ2) is 4.76. The van der Waals surface area contributed by atoms with Gasteiger partial charge in [0.2, 0.25) is 0 Å². The average Bonchev–Trinajstić information content (AvgIpc) is 2.14. The first kappa shape index (κ1) is 13.5. The predicted molar refractivity (Wildman–Crippen MR) is 70.0 cm³/mol. The Morgan fingerprint density at radius 2 is 1.88 bits per heavy atom. The lowest BCUT2D eigenvalue weighted by Crippen LogP contribution is -2.12. The van der Waals surface area contributed by atoms with Crippen LogP contribution >= 0.6 is 15.9 Å². The van der Waals surface area contributed by atoms with Gasteiger partial charge in [0.1, 0.15) is 5.75 Å². The van der Waals surface area contributed by atoms with Gasteiger partial charge >= 0.3 is 0 Å². The van der Waals surface area contributed by atoms with E-state index in [1.54, 1.807) is 14.0 Å². The van der Waals surface area contributed by atoms with Crippen LogP contribution in [0.4, 0.5) is 0 Å². The molecule has 1 aromatic rings. The van der Waals surface area contributed by atoms with Crippen molar-refractivity contribution >= 4 is 15.9 Å². The van der Waals surface area contributed by atoms with E-state index in [1.165, 1.54) is 5.56 Å². The SMILES string of the molecule is COc1c(Br)cc(C(C)(C)C)cc1C(C)O. The Morgan fingerprint density at radius 1 is 1.31 bits per heavy atom. The molecule has 90 valence electrons. The van der Waals surface area contributed by atoms with Crippen molar-refractivity contribution in [1.82, 2.24) is 0 Å². The molecule has 1 atom stereocenters. The van der Waals surface area contributed by atoms with Crippen LogP contribution in [0, 0.1) is 0 Å². The van der Waals surface area contributed by atoms with E-state index in [9.17, 15) is 5.11 Å². The maximum absolute atomic E-state index is 9.75. The summed E-state index contributed by atoms with van der Waals surface area (Å²) in [6.07, 6.45) is -0.534. The van der Waals surface area contributed by atoms with Crippen LogP contribution in [0.15, 0.2) is 16.6 Å². The Bertz CT molecular complexity index is 378. The Kier molecular flexibility index (Phi) is 4.02. The van der Waals surface area contributed by atoms with Gasteiger partial charge in [0, 0.05) is 5.56 Å². The number of ether oxygens (including phenoxy) is 1. The number of methoxy groups -OCH3 is 1. The zero-order valence-corrected chi connectivity index (χ0v) is 12.1.